The van der Waals surface area contributed by atoms with Gasteiger partial charge in [-0.1, -0.05) is 18.2 Å². The van der Waals surface area contributed by atoms with Gasteiger partial charge in [0.15, 0.2) is 11.5 Å². The largest absolute Gasteiger partial charge is 0.368 e. The first-order chi connectivity index (χ1) is 16.0. The molecule has 166 valence electrons. The second-order valence-corrected chi connectivity index (χ2v) is 7.69. The van der Waals surface area contributed by atoms with Gasteiger partial charge in [-0.3, -0.25) is 9.36 Å². The maximum atomic E-state index is 14.9. The number of carbonyl (C=O) groups is 1. The zero-order valence-corrected chi connectivity index (χ0v) is 18.1. The zero-order valence-electron chi connectivity index (χ0n) is 18.1. The van der Waals surface area contributed by atoms with Crippen LogP contribution in [0.15, 0.2) is 55.1 Å². The molecule has 0 saturated carbocycles. The Morgan fingerprint density at radius 2 is 1.94 bits per heavy atom. The minimum absolute atomic E-state index is 0.00281. The Hall–Kier alpha value is -4.34. The van der Waals surface area contributed by atoms with Crippen LogP contribution in [0.25, 0.3) is 27.9 Å². The van der Waals surface area contributed by atoms with E-state index in [4.69, 9.17) is 4.98 Å². The van der Waals surface area contributed by atoms with Gasteiger partial charge in [0, 0.05) is 32.7 Å². The first-order valence-corrected chi connectivity index (χ1v) is 10.4. The lowest BCUT2D eigenvalue weighted by Gasteiger charge is -2.15. The molecule has 0 fully saturated rings. The Morgan fingerprint density at radius 3 is 2.73 bits per heavy atom. The topological polar surface area (TPSA) is 105 Å². The van der Waals surface area contributed by atoms with Gasteiger partial charge >= 0.3 is 0 Å². The van der Waals surface area contributed by atoms with E-state index in [-0.39, 0.29) is 5.56 Å². The highest BCUT2D eigenvalue weighted by atomic mass is 19.1. The van der Waals surface area contributed by atoms with Gasteiger partial charge in [-0.05, 0) is 24.3 Å². The molecule has 3 aromatic heterocycles. The summed E-state index contributed by atoms with van der Waals surface area (Å²) < 4.78 is 16.8. The predicted octanol–water partition coefficient (Wildman–Crippen LogP) is 3.19. The molecule has 0 unspecified atom stereocenters. The van der Waals surface area contributed by atoms with Gasteiger partial charge in [0.05, 0.1) is 17.4 Å². The first-order valence-electron chi connectivity index (χ1n) is 10.4. The van der Waals surface area contributed by atoms with Crippen molar-refractivity contribution in [3.63, 3.8) is 0 Å². The second-order valence-electron chi connectivity index (χ2n) is 7.69. The molecule has 0 bridgehead atoms. The molecule has 10 heteroatoms. The number of para-hydroxylation sites is 1. The van der Waals surface area contributed by atoms with E-state index >= 15 is 0 Å². The van der Waals surface area contributed by atoms with Crippen molar-refractivity contribution in [3.05, 3.63) is 72.3 Å². The smallest absolute Gasteiger partial charge is 0.258 e. The third-order valence-corrected chi connectivity index (χ3v) is 5.34. The van der Waals surface area contributed by atoms with E-state index in [9.17, 15) is 9.18 Å². The number of hydrogen-bond donors (Lipinski definition) is 2. The second kappa shape index (κ2) is 8.30. The Kier molecular flexibility index (Phi) is 5.17. The van der Waals surface area contributed by atoms with Crippen LogP contribution >= 0.6 is 0 Å². The number of anilines is 1. The maximum Gasteiger partial charge on any atom is 0.258 e. The van der Waals surface area contributed by atoms with E-state index in [0.717, 1.165) is 11.2 Å². The number of nitrogens with one attached hydrogen (secondary N) is 2. The number of carbonyl (C=O) groups excluding carboxylic acids is 1. The number of aromatic nitrogens is 6. The molecule has 9 nitrogen and oxygen atoms in total. The summed E-state index contributed by atoms with van der Waals surface area (Å²) in [5, 5.41) is 3.29. The number of rotatable bonds is 6. The summed E-state index contributed by atoms with van der Waals surface area (Å²) >= 11 is 0. The molecule has 0 radical (unpaired) electrons. The highest BCUT2D eigenvalue weighted by Gasteiger charge is 2.24. The van der Waals surface area contributed by atoms with Crippen molar-refractivity contribution in [2.75, 3.05) is 26.0 Å². The third-order valence-electron chi connectivity index (χ3n) is 5.34. The number of H-pyrrole nitrogens is 1. The lowest BCUT2D eigenvalue weighted by atomic mass is 10.1. The summed E-state index contributed by atoms with van der Waals surface area (Å²) in [7, 11) is 3.21. The van der Waals surface area contributed by atoms with Crippen LogP contribution < -0.4 is 5.32 Å². The van der Waals surface area contributed by atoms with Crippen LogP contribution in [0.2, 0.25) is 0 Å². The molecule has 5 aromatic rings. The Labute approximate surface area is 188 Å². The number of benzene rings is 2. The SMILES string of the molecule is CN(C)C(=O)c1c(F)ccc2nc(CCNc3ncnc4nc[nH]c34)n(-c3ccccc3)c12. The molecule has 2 aromatic carbocycles. The summed E-state index contributed by atoms with van der Waals surface area (Å²) in [6.07, 6.45) is 3.52. The summed E-state index contributed by atoms with van der Waals surface area (Å²) in [4.78, 5) is 34.6. The van der Waals surface area contributed by atoms with Gasteiger partial charge < -0.3 is 15.2 Å². The van der Waals surface area contributed by atoms with Gasteiger partial charge in [-0.25, -0.2) is 24.3 Å². The van der Waals surface area contributed by atoms with Crippen LogP contribution in [0.5, 0.6) is 0 Å². The minimum Gasteiger partial charge on any atom is -0.368 e. The number of fused-ring (bicyclic) bond motifs is 2. The lowest BCUT2D eigenvalue weighted by Crippen LogP contribution is -2.24. The van der Waals surface area contributed by atoms with E-state index in [1.165, 1.54) is 17.3 Å². The number of aromatic amines is 1. The number of hydrogen-bond acceptors (Lipinski definition) is 6. The molecular formula is C23H21FN8O. The molecule has 0 saturated heterocycles. The standard InChI is InChI=1S/C23H21FN8O/c1-31(2)23(33)18-15(24)8-9-16-20(18)32(14-6-4-3-5-7-14)17(30-16)10-11-25-21-19-22(27-12-26-19)29-13-28-21/h3-9,12-13H,10-11H2,1-2H3,(H2,25,26,27,28,29). The summed E-state index contributed by atoms with van der Waals surface area (Å²) in [6, 6.07) is 12.4. The van der Waals surface area contributed by atoms with Crippen LogP contribution in [0, 0.1) is 5.82 Å². The Bertz CT molecular complexity index is 1460. The fraction of sp³-hybridized carbons (Fsp3) is 0.174. The van der Waals surface area contributed by atoms with Crippen LogP contribution in [0.1, 0.15) is 16.2 Å². The van der Waals surface area contributed by atoms with Crippen molar-refractivity contribution in [3.8, 4) is 5.69 Å². The predicted molar refractivity (Wildman–Crippen MR) is 123 cm³/mol. The minimum atomic E-state index is -0.578. The quantitative estimate of drug-likeness (QED) is 0.417. The lowest BCUT2D eigenvalue weighted by molar-refractivity contribution is 0.0825. The van der Waals surface area contributed by atoms with Gasteiger partial charge in [0.25, 0.3) is 5.91 Å². The van der Waals surface area contributed by atoms with Gasteiger partial charge in [0.2, 0.25) is 0 Å². The normalized spacial score (nSPS) is 11.2. The summed E-state index contributed by atoms with van der Waals surface area (Å²) in [5.41, 5.74) is 3.10. The van der Waals surface area contributed by atoms with Crippen molar-refractivity contribution in [1.29, 1.82) is 0 Å². The third kappa shape index (κ3) is 3.65. The van der Waals surface area contributed by atoms with Crippen molar-refractivity contribution >= 4 is 33.9 Å². The fourth-order valence-electron chi connectivity index (χ4n) is 3.83. The molecule has 0 atom stereocenters. The van der Waals surface area contributed by atoms with Gasteiger partial charge in [-0.15, -0.1) is 0 Å². The molecule has 2 N–H and O–H groups in total. The van der Waals surface area contributed by atoms with E-state index in [1.54, 1.807) is 26.5 Å². The molecule has 0 spiro atoms. The van der Waals surface area contributed by atoms with E-state index < -0.39 is 11.7 Å². The van der Waals surface area contributed by atoms with E-state index in [1.807, 2.05) is 34.9 Å². The molecule has 33 heavy (non-hydrogen) atoms. The molecule has 1 amide bonds. The van der Waals surface area contributed by atoms with Crippen LogP contribution in [0.4, 0.5) is 10.2 Å². The first kappa shape index (κ1) is 20.6. The summed E-state index contributed by atoms with van der Waals surface area (Å²) in [5.74, 6) is 0.333. The van der Waals surface area contributed by atoms with Gasteiger partial charge in [-0.2, -0.15) is 0 Å². The van der Waals surface area contributed by atoms with Crippen molar-refractivity contribution in [2.45, 2.75) is 6.42 Å². The highest BCUT2D eigenvalue weighted by Crippen LogP contribution is 2.28. The molecule has 3 heterocycles. The average molecular weight is 444 g/mol. The summed E-state index contributed by atoms with van der Waals surface area (Å²) in [6.45, 7) is 0.501. The number of halogens is 1. The molecular weight excluding hydrogens is 423 g/mol. The van der Waals surface area contributed by atoms with E-state index in [2.05, 4.69) is 25.3 Å². The van der Waals surface area contributed by atoms with Gasteiger partial charge in [0.1, 0.15) is 29.0 Å². The molecule has 0 aliphatic heterocycles. The van der Waals surface area contributed by atoms with E-state index in [0.29, 0.717) is 41.3 Å². The monoisotopic (exact) mass is 444 g/mol. The number of nitrogens with zero attached hydrogens (tertiary/aromatic N) is 6. The van der Waals surface area contributed by atoms with Crippen molar-refractivity contribution < 1.29 is 9.18 Å². The Morgan fingerprint density at radius 1 is 1.12 bits per heavy atom. The van der Waals surface area contributed by atoms with Crippen molar-refractivity contribution in [2.24, 2.45) is 0 Å². The van der Waals surface area contributed by atoms with Crippen molar-refractivity contribution in [1.82, 2.24) is 34.4 Å². The van der Waals surface area contributed by atoms with Crippen LogP contribution in [-0.4, -0.2) is 60.9 Å². The zero-order chi connectivity index (χ0) is 22.9. The Balaban J connectivity index is 1.58. The van der Waals surface area contributed by atoms with Crippen LogP contribution in [0.3, 0.4) is 0 Å². The molecule has 0 aliphatic carbocycles. The number of imidazole rings is 2. The highest BCUT2D eigenvalue weighted by molar-refractivity contribution is 6.05. The van der Waals surface area contributed by atoms with Crippen LogP contribution in [-0.2, 0) is 6.42 Å². The number of amides is 1. The average Bonchev–Trinajstić information content (AvgIpc) is 3.44. The maximum absolute atomic E-state index is 14.9. The fourth-order valence-corrected chi connectivity index (χ4v) is 3.83. The molecule has 5 rings (SSSR count). The molecule has 0 aliphatic rings.